The molecule has 6 heteroatoms. The number of hydrogen-bond acceptors (Lipinski definition) is 5. The number of hydrogen-bond donors (Lipinski definition) is 1. The van der Waals surface area contributed by atoms with Crippen molar-refractivity contribution in [3.8, 4) is 0 Å². The van der Waals surface area contributed by atoms with Crippen LogP contribution in [-0.4, -0.2) is 48.0 Å². The Bertz CT molecular complexity index is 810. The van der Waals surface area contributed by atoms with Gasteiger partial charge in [-0.2, -0.15) is 0 Å². The van der Waals surface area contributed by atoms with Crippen LogP contribution in [0.5, 0.6) is 0 Å². The molecule has 1 aromatic carbocycles. The average Bonchev–Trinajstić information content (AvgIpc) is 3.38. The van der Waals surface area contributed by atoms with Crippen molar-refractivity contribution in [1.29, 1.82) is 0 Å². The van der Waals surface area contributed by atoms with Crippen LogP contribution in [0.15, 0.2) is 34.7 Å². The number of para-hydroxylation sites is 1. The van der Waals surface area contributed by atoms with E-state index in [1.165, 1.54) is 0 Å². The van der Waals surface area contributed by atoms with Crippen LogP contribution in [-0.2, 0) is 20.8 Å². The molecule has 3 heterocycles. The standard InChI is InChI=1S/C20H22N2O4/c23-12-16-15(7-8-21-16)20(25)17-5-3-9-22(17)19(24)11-14-10-13-4-1-2-6-18(13)26-14/h1-2,4,6,10,12,15-17,21H,3,5,7-9,11H2/t15?,16-,17+/m1/s1. The van der Waals surface area contributed by atoms with Crippen LogP contribution in [0.25, 0.3) is 11.0 Å². The molecule has 0 aliphatic carbocycles. The second kappa shape index (κ2) is 7.03. The van der Waals surface area contributed by atoms with Crippen LogP contribution >= 0.6 is 0 Å². The lowest BCUT2D eigenvalue weighted by Gasteiger charge is -2.26. The fourth-order valence-corrected chi connectivity index (χ4v) is 4.17. The molecule has 4 rings (SSSR count). The van der Waals surface area contributed by atoms with Crippen LogP contribution in [0.4, 0.5) is 0 Å². The topological polar surface area (TPSA) is 79.6 Å². The summed E-state index contributed by atoms with van der Waals surface area (Å²) in [6, 6.07) is 8.68. The minimum atomic E-state index is -0.421. The minimum Gasteiger partial charge on any atom is -0.461 e. The lowest BCUT2D eigenvalue weighted by Crippen LogP contribution is -2.46. The quantitative estimate of drug-likeness (QED) is 0.827. The Hall–Kier alpha value is -2.47. The molecule has 6 nitrogen and oxygen atoms in total. The number of fused-ring (bicyclic) bond motifs is 1. The van der Waals surface area contributed by atoms with Crippen molar-refractivity contribution >= 4 is 28.9 Å². The van der Waals surface area contributed by atoms with Gasteiger partial charge in [-0.1, -0.05) is 18.2 Å². The van der Waals surface area contributed by atoms with Crippen molar-refractivity contribution in [2.75, 3.05) is 13.1 Å². The third-order valence-corrected chi connectivity index (χ3v) is 5.48. The lowest BCUT2D eigenvalue weighted by molar-refractivity contribution is -0.139. The maximum absolute atomic E-state index is 12.9. The third-order valence-electron chi connectivity index (χ3n) is 5.48. The van der Waals surface area contributed by atoms with Gasteiger partial charge in [-0.05, 0) is 37.9 Å². The van der Waals surface area contributed by atoms with E-state index in [1.54, 1.807) is 4.90 Å². The van der Waals surface area contributed by atoms with Gasteiger partial charge in [-0.25, -0.2) is 0 Å². The number of amides is 1. The number of furan rings is 1. The SMILES string of the molecule is O=C[C@H]1NCCC1C(=O)[C@@H]1CCCN1C(=O)Cc1cc2ccccc2o1. The minimum absolute atomic E-state index is 0.0163. The number of rotatable bonds is 5. The molecule has 26 heavy (non-hydrogen) atoms. The first-order valence-electron chi connectivity index (χ1n) is 9.16. The predicted octanol–water partition coefficient (Wildman–Crippen LogP) is 1.71. The number of likely N-dealkylation sites (tertiary alicyclic amines) is 1. The monoisotopic (exact) mass is 354 g/mol. The van der Waals surface area contributed by atoms with E-state index in [9.17, 15) is 14.4 Å². The van der Waals surface area contributed by atoms with Gasteiger partial charge in [0, 0.05) is 17.8 Å². The molecule has 0 bridgehead atoms. The second-order valence-corrected chi connectivity index (χ2v) is 7.09. The third kappa shape index (κ3) is 3.05. The summed E-state index contributed by atoms with van der Waals surface area (Å²) < 4.78 is 5.74. The molecular weight excluding hydrogens is 332 g/mol. The number of aldehydes is 1. The van der Waals surface area contributed by atoms with Gasteiger partial charge >= 0.3 is 0 Å². The van der Waals surface area contributed by atoms with E-state index in [0.29, 0.717) is 31.7 Å². The molecule has 0 radical (unpaired) electrons. The van der Waals surface area contributed by atoms with E-state index in [2.05, 4.69) is 5.32 Å². The Balaban J connectivity index is 1.47. The Labute approximate surface area is 151 Å². The highest BCUT2D eigenvalue weighted by molar-refractivity contribution is 5.94. The average molecular weight is 354 g/mol. The smallest absolute Gasteiger partial charge is 0.230 e. The van der Waals surface area contributed by atoms with Crippen LogP contribution < -0.4 is 5.32 Å². The largest absolute Gasteiger partial charge is 0.461 e. The first-order valence-corrected chi connectivity index (χ1v) is 9.16. The van der Waals surface area contributed by atoms with Crippen LogP contribution in [0.2, 0.25) is 0 Å². The zero-order chi connectivity index (χ0) is 18.1. The van der Waals surface area contributed by atoms with Gasteiger partial charge in [0.05, 0.1) is 18.5 Å². The number of carbonyl (C=O) groups excluding carboxylic acids is 3. The van der Waals surface area contributed by atoms with Crippen molar-refractivity contribution in [3.63, 3.8) is 0 Å². The maximum atomic E-state index is 12.9. The first kappa shape index (κ1) is 17.0. The van der Waals surface area contributed by atoms with Crippen molar-refractivity contribution in [3.05, 3.63) is 36.1 Å². The molecule has 0 spiro atoms. The number of Topliss-reactive ketones (excluding diaryl/α,β-unsaturated/α-hetero) is 1. The Kier molecular flexibility index (Phi) is 4.59. The molecule has 0 saturated carbocycles. The van der Waals surface area contributed by atoms with Gasteiger partial charge in [0.15, 0.2) is 5.78 Å². The zero-order valence-corrected chi connectivity index (χ0v) is 14.5. The summed E-state index contributed by atoms with van der Waals surface area (Å²) in [7, 11) is 0. The van der Waals surface area contributed by atoms with Crippen LogP contribution in [0, 0.1) is 5.92 Å². The highest BCUT2D eigenvalue weighted by atomic mass is 16.3. The summed E-state index contributed by atoms with van der Waals surface area (Å²) in [5, 5.41) is 4.02. The molecule has 3 atom stereocenters. The highest BCUT2D eigenvalue weighted by Crippen LogP contribution is 2.27. The van der Waals surface area contributed by atoms with E-state index in [0.717, 1.165) is 23.7 Å². The maximum Gasteiger partial charge on any atom is 0.230 e. The van der Waals surface area contributed by atoms with E-state index in [4.69, 9.17) is 4.42 Å². The van der Waals surface area contributed by atoms with Gasteiger partial charge in [0.25, 0.3) is 0 Å². The number of benzene rings is 1. The molecule has 2 aromatic rings. The Morgan fingerprint density at radius 1 is 1.27 bits per heavy atom. The molecule has 2 fully saturated rings. The molecule has 1 amide bonds. The van der Waals surface area contributed by atoms with Gasteiger partial charge in [0.2, 0.25) is 5.91 Å². The summed E-state index contributed by atoms with van der Waals surface area (Å²) in [6.07, 6.45) is 3.11. The van der Waals surface area contributed by atoms with Gasteiger partial charge in [0.1, 0.15) is 17.6 Å². The van der Waals surface area contributed by atoms with E-state index in [-0.39, 0.29) is 24.0 Å². The fourth-order valence-electron chi connectivity index (χ4n) is 4.17. The van der Waals surface area contributed by atoms with Gasteiger partial charge in [-0.15, -0.1) is 0 Å². The first-order chi connectivity index (χ1) is 12.7. The molecule has 2 aliphatic rings. The summed E-state index contributed by atoms with van der Waals surface area (Å²) in [5.41, 5.74) is 0.759. The van der Waals surface area contributed by atoms with E-state index < -0.39 is 12.1 Å². The molecule has 1 N–H and O–H groups in total. The van der Waals surface area contributed by atoms with Crippen LogP contribution in [0.3, 0.4) is 0 Å². The van der Waals surface area contributed by atoms with Crippen molar-refractivity contribution in [1.82, 2.24) is 10.2 Å². The van der Waals surface area contributed by atoms with Gasteiger partial charge < -0.3 is 19.4 Å². The molecular formula is C20H22N2O4. The summed E-state index contributed by atoms with van der Waals surface area (Å²) in [4.78, 5) is 38.6. The van der Waals surface area contributed by atoms with Crippen molar-refractivity contribution in [2.24, 2.45) is 5.92 Å². The Morgan fingerprint density at radius 2 is 2.12 bits per heavy atom. The summed E-state index contributed by atoms with van der Waals surface area (Å²) >= 11 is 0. The van der Waals surface area contributed by atoms with Crippen LogP contribution in [0.1, 0.15) is 25.0 Å². The summed E-state index contributed by atoms with van der Waals surface area (Å²) in [6.45, 7) is 1.25. The normalized spacial score (nSPS) is 25.7. The molecule has 1 unspecified atom stereocenters. The number of nitrogens with one attached hydrogen (secondary N) is 1. The Morgan fingerprint density at radius 3 is 2.92 bits per heavy atom. The fraction of sp³-hybridized carbons (Fsp3) is 0.450. The molecule has 136 valence electrons. The van der Waals surface area contributed by atoms with Gasteiger partial charge in [-0.3, -0.25) is 9.59 Å². The molecule has 1 aromatic heterocycles. The van der Waals surface area contributed by atoms with Crippen molar-refractivity contribution in [2.45, 2.75) is 37.8 Å². The molecule has 2 saturated heterocycles. The number of carbonyl (C=O) groups is 3. The van der Waals surface area contributed by atoms with Crippen molar-refractivity contribution < 1.29 is 18.8 Å². The number of nitrogens with zero attached hydrogens (tertiary/aromatic N) is 1. The second-order valence-electron chi connectivity index (χ2n) is 7.09. The van der Waals surface area contributed by atoms with E-state index in [1.807, 2.05) is 30.3 Å². The number of ketones is 1. The lowest BCUT2D eigenvalue weighted by atomic mass is 9.90. The molecule has 2 aliphatic heterocycles. The highest BCUT2D eigenvalue weighted by Gasteiger charge is 2.41. The summed E-state index contributed by atoms with van der Waals surface area (Å²) in [5.74, 6) is 0.218. The predicted molar refractivity (Wildman–Crippen MR) is 95.6 cm³/mol. The van der Waals surface area contributed by atoms with E-state index >= 15 is 0 Å². The zero-order valence-electron chi connectivity index (χ0n) is 14.5.